The lowest BCUT2D eigenvalue weighted by Crippen LogP contribution is -2.62. The van der Waals surface area contributed by atoms with Gasteiger partial charge in [-0.15, -0.1) is 0 Å². The van der Waals surface area contributed by atoms with Gasteiger partial charge in [0, 0.05) is 31.5 Å². The van der Waals surface area contributed by atoms with E-state index in [0.29, 0.717) is 36.2 Å². The van der Waals surface area contributed by atoms with Crippen molar-refractivity contribution in [3.63, 3.8) is 0 Å². The summed E-state index contributed by atoms with van der Waals surface area (Å²) in [5, 5.41) is 3.26. The molecule has 32 heavy (non-hydrogen) atoms. The fourth-order valence-corrected chi connectivity index (χ4v) is 8.73. The minimum Gasteiger partial charge on any atom is -0.352 e. The second kappa shape index (κ2) is 8.18. The summed E-state index contributed by atoms with van der Waals surface area (Å²) in [5.74, 6) is 2.84. The first-order valence-corrected chi connectivity index (χ1v) is 13.0. The van der Waals surface area contributed by atoms with E-state index in [1.807, 2.05) is 18.2 Å². The van der Waals surface area contributed by atoms with E-state index < -0.39 is 0 Å². The minimum absolute atomic E-state index is 0.125. The third kappa shape index (κ3) is 3.31. The van der Waals surface area contributed by atoms with Gasteiger partial charge in [0.25, 0.3) is 0 Å². The SMILES string of the molecule is CCN1C(=O)CC[C@@]2(C)C1CC[C@@H]1[C@H]2CC[C@]2(C)C(C(=O)NCc3ccccc3)CC[C@@H]12. The molecular formula is C28H40N2O2. The summed E-state index contributed by atoms with van der Waals surface area (Å²) in [7, 11) is 0. The van der Waals surface area contributed by atoms with Gasteiger partial charge in [-0.2, -0.15) is 0 Å². The average Bonchev–Trinajstić information content (AvgIpc) is 3.16. The monoisotopic (exact) mass is 436 g/mol. The van der Waals surface area contributed by atoms with Gasteiger partial charge in [0.05, 0.1) is 0 Å². The lowest BCUT2D eigenvalue weighted by atomic mass is 9.47. The number of rotatable bonds is 4. The Bertz CT molecular complexity index is 869. The van der Waals surface area contributed by atoms with Crippen LogP contribution in [0.5, 0.6) is 0 Å². The van der Waals surface area contributed by atoms with Gasteiger partial charge >= 0.3 is 0 Å². The molecule has 0 aromatic heterocycles. The number of hydrogen-bond acceptors (Lipinski definition) is 2. The van der Waals surface area contributed by atoms with Crippen LogP contribution < -0.4 is 5.32 Å². The summed E-state index contributed by atoms with van der Waals surface area (Å²) in [4.78, 5) is 28.1. The van der Waals surface area contributed by atoms with Crippen molar-refractivity contribution in [3.05, 3.63) is 35.9 Å². The average molecular weight is 437 g/mol. The van der Waals surface area contributed by atoms with E-state index in [0.717, 1.165) is 38.6 Å². The van der Waals surface area contributed by atoms with E-state index in [2.05, 4.69) is 43.1 Å². The van der Waals surface area contributed by atoms with E-state index in [-0.39, 0.29) is 22.7 Å². The smallest absolute Gasteiger partial charge is 0.223 e. The van der Waals surface area contributed by atoms with Crippen LogP contribution in [0.15, 0.2) is 30.3 Å². The molecular weight excluding hydrogens is 396 g/mol. The molecule has 4 heteroatoms. The Morgan fingerprint density at radius 1 is 1.00 bits per heavy atom. The van der Waals surface area contributed by atoms with Crippen LogP contribution in [0.25, 0.3) is 0 Å². The largest absolute Gasteiger partial charge is 0.352 e. The summed E-state index contributed by atoms with van der Waals surface area (Å²) in [6, 6.07) is 10.7. The topological polar surface area (TPSA) is 49.4 Å². The van der Waals surface area contributed by atoms with Gasteiger partial charge in [-0.25, -0.2) is 0 Å². The molecule has 0 spiro atoms. The molecule has 4 nitrogen and oxygen atoms in total. The van der Waals surface area contributed by atoms with Crippen molar-refractivity contribution in [2.45, 2.75) is 84.7 Å². The molecule has 0 bridgehead atoms. The van der Waals surface area contributed by atoms with E-state index in [1.54, 1.807) is 0 Å². The zero-order valence-electron chi connectivity index (χ0n) is 20.1. The molecule has 1 saturated heterocycles. The van der Waals surface area contributed by atoms with Crippen molar-refractivity contribution in [1.82, 2.24) is 10.2 Å². The van der Waals surface area contributed by atoms with Crippen molar-refractivity contribution in [2.75, 3.05) is 6.54 Å². The van der Waals surface area contributed by atoms with E-state index >= 15 is 0 Å². The highest BCUT2D eigenvalue weighted by Crippen LogP contribution is 2.66. The van der Waals surface area contributed by atoms with Gasteiger partial charge in [-0.3, -0.25) is 9.59 Å². The summed E-state index contributed by atoms with van der Waals surface area (Å²) in [6.07, 6.45) is 8.75. The van der Waals surface area contributed by atoms with E-state index in [1.165, 1.54) is 24.8 Å². The third-order valence-corrected chi connectivity index (χ3v) is 10.4. The fourth-order valence-electron chi connectivity index (χ4n) is 8.73. The maximum Gasteiger partial charge on any atom is 0.223 e. The van der Waals surface area contributed by atoms with E-state index in [9.17, 15) is 9.59 Å². The van der Waals surface area contributed by atoms with Crippen molar-refractivity contribution in [3.8, 4) is 0 Å². The number of nitrogens with zero attached hydrogens (tertiary/aromatic N) is 1. The van der Waals surface area contributed by atoms with Crippen LogP contribution in [-0.2, 0) is 16.1 Å². The van der Waals surface area contributed by atoms with Crippen LogP contribution in [0.4, 0.5) is 0 Å². The standard InChI is InChI=1S/C28H40N2O2/c1-4-30-24-13-10-20-21-11-12-23(26(32)29-18-19-8-6-5-7-9-19)27(21,2)16-14-22(20)28(24,3)17-15-25(30)31/h5-9,20-24H,4,10-18H2,1-3H3,(H,29,32)/t20-,21-,22+,23?,24?,27-,28+/m0/s1. The van der Waals surface area contributed by atoms with Gasteiger partial charge in [-0.05, 0) is 86.0 Å². The Kier molecular flexibility index (Phi) is 5.62. The highest BCUT2D eigenvalue weighted by Gasteiger charge is 2.62. The van der Waals surface area contributed by atoms with Crippen LogP contribution in [-0.4, -0.2) is 29.3 Å². The van der Waals surface area contributed by atoms with Gasteiger partial charge in [0.15, 0.2) is 0 Å². The minimum atomic E-state index is 0.125. The first-order chi connectivity index (χ1) is 15.4. The second-order valence-corrected chi connectivity index (χ2v) is 11.5. The molecule has 1 aromatic rings. The summed E-state index contributed by atoms with van der Waals surface area (Å²) in [6.45, 7) is 8.53. The molecule has 2 amide bonds. The molecule has 3 aliphatic carbocycles. The normalized spacial score (nSPS) is 40.9. The van der Waals surface area contributed by atoms with E-state index in [4.69, 9.17) is 0 Å². The molecule has 1 aliphatic heterocycles. The molecule has 1 heterocycles. The lowest BCUT2D eigenvalue weighted by molar-refractivity contribution is -0.162. The van der Waals surface area contributed by atoms with Crippen molar-refractivity contribution in [2.24, 2.45) is 34.5 Å². The summed E-state index contributed by atoms with van der Waals surface area (Å²) < 4.78 is 0. The molecule has 3 saturated carbocycles. The van der Waals surface area contributed by atoms with Gasteiger partial charge < -0.3 is 10.2 Å². The van der Waals surface area contributed by atoms with Crippen LogP contribution in [0.1, 0.15) is 77.7 Å². The summed E-state index contributed by atoms with van der Waals surface area (Å²) >= 11 is 0. The predicted octanol–water partition coefficient (Wildman–Crippen LogP) is 5.17. The molecule has 2 unspecified atom stereocenters. The quantitative estimate of drug-likeness (QED) is 0.708. The number of carbonyl (C=O) groups is 2. The van der Waals surface area contributed by atoms with Crippen molar-refractivity contribution >= 4 is 11.8 Å². The molecule has 1 aromatic carbocycles. The third-order valence-electron chi connectivity index (χ3n) is 10.4. The first kappa shape index (κ1) is 22.0. The number of hydrogen-bond donors (Lipinski definition) is 1. The maximum atomic E-state index is 13.3. The molecule has 174 valence electrons. The number of benzene rings is 1. The van der Waals surface area contributed by atoms with Crippen molar-refractivity contribution in [1.29, 1.82) is 0 Å². The first-order valence-electron chi connectivity index (χ1n) is 13.0. The zero-order chi connectivity index (χ0) is 22.5. The predicted molar refractivity (Wildman–Crippen MR) is 127 cm³/mol. The highest BCUT2D eigenvalue weighted by molar-refractivity contribution is 5.80. The number of fused-ring (bicyclic) bond motifs is 5. The maximum absolute atomic E-state index is 13.3. The highest BCUT2D eigenvalue weighted by atomic mass is 16.2. The second-order valence-electron chi connectivity index (χ2n) is 11.5. The molecule has 4 fully saturated rings. The number of amides is 2. The van der Waals surface area contributed by atoms with Crippen LogP contribution in [0, 0.1) is 34.5 Å². The number of piperidine rings is 1. The Hall–Kier alpha value is -1.84. The number of carbonyl (C=O) groups excluding carboxylic acids is 2. The van der Waals surface area contributed by atoms with Crippen LogP contribution in [0.3, 0.4) is 0 Å². The molecule has 4 aliphatic rings. The Morgan fingerprint density at radius 2 is 1.75 bits per heavy atom. The zero-order valence-corrected chi connectivity index (χ0v) is 20.1. The van der Waals surface area contributed by atoms with Crippen LogP contribution >= 0.6 is 0 Å². The van der Waals surface area contributed by atoms with Crippen molar-refractivity contribution < 1.29 is 9.59 Å². The van der Waals surface area contributed by atoms with Crippen LogP contribution in [0.2, 0.25) is 0 Å². The van der Waals surface area contributed by atoms with Gasteiger partial charge in [-0.1, -0.05) is 44.2 Å². The lowest BCUT2D eigenvalue weighted by Gasteiger charge is -2.62. The molecule has 0 radical (unpaired) electrons. The molecule has 5 rings (SSSR count). The molecule has 1 N–H and O–H groups in total. The Morgan fingerprint density at radius 3 is 2.50 bits per heavy atom. The Balaban J connectivity index is 1.32. The number of likely N-dealkylation sites (tertiary alicyclic amines) is 1. The number of nitrogens with one attached hydrogen (secondary N) is 1. The van der Waals surface area contributed by atoms with Gasteiger partial charge in [0.1, 0.15) is 0 Å². The molecule has 7 atom stereocenters. The summed E-state index contributed by atoms with van der Waals surface area (Å²) in [5.41, 5.74) is 1.55. The fraction of sp³-hybridized carbons (Fsp3) is 0.714. The Labute approximate surface area is 193 Å². The van der Waals surface area contributed by atoms with Gasteiger partial charge in [0.2, 0.25) is 11.8 Å².